The molecule has 0 aromatic carbocycles. The van der Waals surface area contributed by atoms with Crippen molar-refractivity contribution < 1.29 is 18.8 Å². The first-order chi connectivity index (χ1) is 11.4. The number of rotatable bonds is 3. The minimum atomic E-state index is -0.858. The van der Waals surface area contributed by atoms with Crippen LogP contribution in [0.2, 0.25) is 0 Å². The SMILES string of the molecule is CC(C)N1C(=O)NC2(CCN(C(=O)/C=C/c3ccco3)CC2)C1=O. The molecular weight excluding hydrogens is 310 g/mol. The molecule has 24 heavy (non-hydrogen) atoms. The number of piperidine rings is 1. The molecule has 2 aliphatic heterocycles. The van der Waals surface area contributed by atoms with Crippen molar-refractivity contribution in [3.05, 3.63) is 30.2 Å². The van der Waals surface area contributed by atoms with Gasteiger partial charge in [0, 0.05) is 25.2 Å². The molecule has 4 amide bonds. The van der Waals surface area contributed by atoms with Gasteiger partial charge < -0.3 is 14.6 Å². The maximum atomic E-state index is 12.6. The number of nitrogens with one attached hydrogen (secondary N) is 1. The summed E-state index contributed by atoms with van der Waals surface area (Å²) in [7, 11) is 0. The van der Waals surface area contributed by atoms with Gasteiger partial charge in [-0.15, -0.1) is 0 Å². The third-order valence-corrected chi connectivity index (χ3v) is 4.57. The van der Waals surface area contributed by atoms with Gasteiger partial charge in [-0.05, 0) is 44.9 Å². The van der Waals surface area contributed by atoms with Gasteiger partial charge in [-0.3, -0.25) is 14.5 Å². The van der Waals surface area contributed by atoms with Crippen LogP contribution in [0.3, 0.4) is 0 Å². The van der Waals surface area contributed by atoms with E-state index in [9.17, 15) is 14.4 Å². The van der Waals surface area contributed by atoms with Crippen molar-refractivity contribution in [2.24, 2.45) is 0 Å². The first kappa shape index (κ1) is 16.3. The molecule has 0 unspecified atom stereocenters. The molecule has 0 aliphatic carbocycles. The monoisotopic (exact) mass is 331 g/mol. The standard InChI is InChI=1S/C17H21N3O4/c1-12(2)20-15(22)17(18-16(20)23)7-9-19(10-8-17)14(21)6-5-13-4-3-11-24-13/h3-6,11-12H,7-10H2,1-2H3,(H,18,23)/b6-5+. The summed E-state index contributed by atoms with van der Waals surface area (Å²) in [4.78, 5) is 39.8. The highest BCUT2D eigenvalue weighted by Crippen LogP contribution is 2.30. The molecule has 1 aromatic heterocycles. The van der Waals surface area contributed by atoms with Crippen LogP contribution in [0.25, 0.3) is 6.08 Å². The summed E-state index contributed by atoms with van der Waals surface area (Å²) in [6, 6.07) is 3.01. The Morgan fingerprint density at radius 1 is 1.33 bits per heavy atom. The van der Waals surface area contributed by atoms with Crippen LogP contribution in [0.5, 0.6) is 0 Å². The van der Waals surface area contributed by atoms with Gasteiger partial charge in [-0.25, -0.2) is 4.79 Å². The second-order valence-corrected chi connectivity index (χ2v) is 6.46. The maximum Gasteiger partial charge on any atom is 0.325 e. The van der Waals surface area contributed by atoms with Crippen LogP contribution in [-0.4, -0.2) is 52.3 Å². The van der Waals surface area contributed by atoms with Crippen LogP contribution >= 0.6 is 0 Å². The lowest BCUT2D eigenvalue weighted by molar-refractivity contribution is -0.137. The normalized spacial score (nSPS) is 20.5. The Morgan fingerprint density at radius 3 is 2.58 bits per heavy atom. The molecule has 128 valence electrons. The van der Waals surface area contributed by atoms with Crippen molar-refractivity contribution in [1.29, 1.82) is 0 Å². The number of imide groups is 1. The van der Waals surface area contributed by atoms with Gasteiger partial charge in [0.05, 0.1) is 6.26 Å². The van der Waals surface area contributed by atoms with E-state index in [4.69, 9.17) is 4.42 Å². The van der Waals surface area contributed by atoms with Gasteiger partial charge in [0.2, 0.25) is 5.91 Å². The number of nitrogens with zero attached hydrogens (tertiary/aromatic N) is 2. The zero-order valence-corrected chi connectivity index (χ0v) is 13.8. The number of furan rings is 1. The van der Waals surface area contributed by atoms with E-state index in [-0.39, 0.29) is 23.9 Å². The Hall–Kier alpha value is -2.57. The average Bonchev–Trinajstić information content (AvgIpc) is 3.13. The fraction of sp³-hybridized carbons (Fsp3) is 0.471. The number of carbonyl (C=O) groups excluding carboxylic acids is 3. The molecule has 2 aliphatic rings. The van der Waals surface area contributed by atoms with E-state index < -0.39 is 5.54 Å². The van der Waals surface area contributed by atoms with E-state index >= 15 is 0 Å². The van der Waals surface area contributed by atoms with Gasteiger partial charge in [0.1, 0.15) is 11.3 Å². The first-order valence-electron chi connectivity index (χ1n) is 8.09. The molecular formula is C17H21N3O4. The van der Waals surface area contributed by atoms with Crippen LogP contribution < -0.4 is 5.32 Å². The molecule has 3 heterocycles. The van der Waals surface area contributed by atoms with Crippen molar-refractivity contribution in [2.45, 2.75) is 38.3 Å². The summed E-state index contributed by atoms with van der Waals surface area (Å²) in [5.74, 6) is 0.308. The molecule has 1 spiro atoms. The van der Waals surface area contributed by atoms with Crippen molar-refractivity contribution in [1.82, 2.24) is 15.1 Å². The lowest BCUT2D eigenvalue weighted by Crippen LogP contribution is -2.55. The minimum absolute atomic E-state index is 0.126. The van der Waals surface area contributed by atoms with Crippen molar-refractivity contribution >= 4 is 23.9 Å². The highest BCUT2D eigenvalue weighted by Gasteiger charge is 2.53. The largest absolute Gasteiger partial charge is 0.465 e. The molecule has 0 atom stereocenters. The lowest BCUT2D eigenvalue weighted by Gasteiger charge is -2.37. The molecule has 2 fully saturated rings. The van der Waals surface area contributed by atoms with Crippen molar-refractivity contribution in [3.63, 3.8) is 0 Å². The quantitative estimate of drug-likeness (QED) is 0.674. The second kappa shape index (κ2) is 6.14. The first-order valence-corrected chi connectivity index (χ1v) is 8.09. The second-order valence-electron chi connectivity index (χ2n) is 6.46. The predicted molar refractivity (Wildman–Crippen MR) is 86.8 cm³/mol. The smallest absolute Gasteiger partial charge is 0.325 e. The summed E-state index contributed by atoms with van der Waals surface area (Å²) in [6.07, 6.45) is 5.49. The van der Waals surface area contributed by atoms with Gasteiger partial charge in [0.15, 0.2) is 0 Å². The Balaban J connectivity index is 1.63. The highest BCUT2D eigenvalue weighted by molar-refractivity contribution is 6.07. The number of hydrogen-bond donors (Lipinski definition) is 1. The van der Waals surface area contributed by atoms with E-state index in [0.717, 1.165) is 0 Å². The fourth-order valence-corrected chi connectivity index (χ4v) is 3.20. The van der Waals surface area contributed by atoms with E-state index in [1.54, 1.807) is 29.4 Å². The summed E-state index contributed by atoms with van der Waals surface area (Å²) in [6.45, 7) is 4.49. The number of amides is 4. The van der Waals surface area contributed by atoms with E-state index in [1.165, 1.54) is 11.0 Å². The predicted octanol–water partition coefficient (Wildman–Crippen LogP) is 1.61. The van der Waals surface area contributed by atoms with E-state index in [1.807, 2.05) is 13.8 Å². The Labute approximate surface area is 140 Å². The van der Waals surface area contributed by atoms with Crippen molar-refractivity contribution in [3.8, 4) is 0 Å². The van der Waals surface area contributed by atoms with E-state index in [2.05, 4.69) is 5.32 Å². The van der Waals surface area contributed by atoms with E-state index in [0.29, 0.717) is 31.7 Å². The summed E-state index contributed by atoms with van der Waals surface area (Å²) >= 11 is 0. The van der Waals surface area contributed by atoms with Crippen molar-refractivity contribution in [2.75, 3.05) is 13.1 Å². The van der Waals surface area contributed by atoms with Crippen LogP contribution in [0.4, 0.5) is 4.79 Å². The van der Waals surface area contributed by atoms with Crippen LogP contribution in [0.15, 0.2) is 28.9 Å². The Bertz CT molecular complexity index is 670. The molecule has 0 bridgehead atoms. The minimum Gasteiger partial charge on any atom is -0.465 e. The van der Waals surface area contributed by atoms with Gasteiger partial charge in [0.25, 0.3) is 5.91 Å². The summed E-state index contributed by atoms with van der Waals surface area (Å²) < 4.78 is 5.15. The van der Waals surface area contributed by atoms with Gasteiger partial charge >= 0.3 is 6.03 Å². The Morgan fingerprint density at radius 2 is 2.04 bits per heavy atom. The zero-order valence-electron chi connectivity index (χ0n) is 13.8. The maximum absolute atomic E-state index is 12.6. The molecule has 1 N–H and O–H groups in total. The van der Waals surface area contributed by atoms with Gasteiger partial charge in [-0.1, -0.05) is 0 Å². The molecule has 2 saturated heterocycles. The van der Waals surface area contributed by atoms with Crippen LogP contribution in [0, 0.1) is 0 Å². The summed E-state index contributed by atoms with van der Waals surface area (Å²) in [5.41, 5.74) is -0.858. The van der Waals surface area contributed by atoms with Crippen LogP contribution in [-0.2, 0) is 9.59 Å². The number of urea groups is 1. The topological polar surface area (TPSA) is 82.9 Å². The third kappa shape index (κ3) is 2.81. The average molecular weight is 331 g/mol. The number of hydrogen-bond acceptors (Lipinski definition) is 4. The molecule has 0 saturated carbocycles. The number of carbonyl (C=O) groups is 3. The highest BCUT2D eigenvalue weighted by atomic mass is 16.3. The summed E-state index contributed by atoms with van der Waals surface area (Å²) in [5, 5.41) is 2.83. The number of likely N-dealkylation sites (tertiary alicyclic amines) is 1. The molecule has 7 heteroatoms. The Kier molecular flexibility index (Phi) is 4.17. The molecule has 0 radical (unpaired) electrons. The molecule has 3 rings (SSSR count). The third-order valence-electron chi connectivity index (χ3n) is 4.57. The molecule has 7 nitrogen and oxygen atoms in total. The van der Waals surface area contributed by atoms with Gasteiger partial charge in [-0.2, -0.15) is 0 Å². The molecule has 1 aromatic rings. The fourth-order valence-electron chi connectivity index (χ4n) is 3.20. The lowest BCUT2D eigenvalue weighted by atomic mass is 9.87. The zero-order chi connectivity index (χ0) is 17.3. The van der Waals surface area contributed by atoms with Crippen LogP contribution in [0.1, 0.15) is 32.4 Å².